The van der Waals surface area contributed by atoms with Crippen LogP contribution in [0.25, 0.3) is 10.9 Å². The van der Waals surface area contributed by atoms with Gasteiger partial charge in [-0.3, -0.25) is 4.79 Å². The number of amides is 1. The van der Waals surface area contributed by atoms with Crippen LogP contribution in [-0.4, -0.2) is 29.5 Å². The van der Waals surface area contributed by atoms with Gasteiger partial charge in [0.2, 0.25) is 5.91 Å². The second-order valence-electron chi connectivity index (χ2n) is 6.36. The summed E-state index contributed by atoms with van der Waals surface area (Å²) >= 11 is 0. The SMILES string of the molecule is C.COc1cc2ncnc(Nc3cccc(C)c3F)c2cc1CNCCC(N)=O. The number of nitrogens with one attached hydrogen (secondary N) is 2. The number of aryl methyl sites for hydroxylation is 1. The first-order valence-electron chi connectivity index (χ1n) is 8.82. The van der Waals surface area contributed by atoms with Crippen LogP contribution >= 0.6 is 0 Å². The molecule has 1 aromatic heterocycles. The number of ether oxygens (including phenoxy) is 1. The zero-order valence-corrected chi connectivity index (χ0v) is 15.8. The van der Waals surface area contributed by atoms with Gasteiger partial charge in [0.15, 0.2) is 0 Å². The monoisotopic (exact) mass is 399 g/mol. The van der Waals surface area contributed by atoms with Crippen molar-refractivity contribution in [3.05, 3.63) is 53.6 Å². The molecule has 0 aliphatic heterocycles. The van der Waals surface area contributed by atoms with Gasteiger partial charge in [0.05, 0.1) is 18.3 Å². The lowest BCUT2D eigenvalue weighted by molar-refractivity contribution is -0.117. The molecule has 154 valence electrons. The molecule has 4 N–H and O–H groups in total. The molecule has 0 aliphatic carbocycles. The van der Waals surface area contributed by atoms with E-state index in [9.17, 15) is 9.18 Å². The summed E-state index contributed by atoms with van der Waals surface area (Å²) in [5.74, 6) is 0.468. The van der Waals surface area contributed by atoms with Crippen molar-refractivity contribution in [2.45, 2.75) is 27.3 Å². The third kappa shape index (κ3) is 5.17. The lowest BCUT2D eigenvalue weighted by atomic mass is 10.1. The molecule has 0 unspecified atom stereocenters. The smallest absolute Gasteiger partial charge is 0.218 e. The predicted octanol–water partition coefficient (Wildman–Crippen LogP) is 3.43. The van der Waals surface area contributed by atoms with E-state index in [1.165, 1.54) is 6.33 Å². The summed E-state index contributed by atoms with van der Waals surface area (Å²) in [6, 6.07) is 8.84. The number of primary amides is 1. The van der Waals surface area contributed by atoms with E-state index in [0.29, 0.717) is 41.4 Å². The van der Waals surface area contributed by atoms with Crippen LogP contribution < -0.4 is 21.1 Å². The van der Waals surface area contributed by atoms with Gasteiger partial charge in [-0.2, -0.15) is 0 Å². The maximum Gasteiger partial charge on any atom is 0.218 e. The Morgan fingerprint density at radius 3 is 2.79 bits per heavy atom. The number of halogens is 1. The summed E-state index contributed by atoms with van der Waals surface area (Å²) in [6.07, 6.45) is 1.67. The summed E-state index contributed by atoms with van der Waals surface area (Å²) in [4.78, 5) is 19.4. The number of nitrogens with zero attached hydrogens (tertiary/aromatic N) is 2. The van der Waals surface area contributed by atoms with E-state index in [1.54, 1.807) is 38.3 Å². The highest BCUT2D eigenvalue weighted by atomic mass is 19.1. The third-order valence-electron chi connectivity index (χ3n) is 4.35. The number of fused-ring (bicyclic) bond motifs is 1. The Bertz CT molecular complexity index is 1010. The van der Waals surface area contributed by atoms with Gasteiger partial charge in [0, 0.05) is 36.5 Å². The highest BCUT2D eigenvalue weighted by Crippen LogP contribution is 2.30. The van der Waals surface area contributed by atoms with E-state index in [1.807, 2.05) is 6.07 Å². The van der Waals surface area contributed by atoms with Crippen molar-refractivity contribution >= 4 is 28.3 Å². The molecule has 8 heteroatoms. The summed E-state index contributed by atoms with van der Waals surface area (Å²) in [7, 11) is 1.58. The Morgan fingerprint density at radius 1 is 1.28 bits per heavy atom. The molecular formula is C21H26FN5O2. The van der Waals surface area contributed by atoms with Gasteiger partial charge < -0.3 is 21.1 Å². The van der Waals surface area contributed by atoms with Crippen molar-refractivity contribution in [1.82, 2.24) is 15.3 Å². The summed E-state index contributed by atoms with van der Waals surface area (Å²) in [6.45, 7) is 2.64. The molecule has 29 heavy (non-hydrogen) atoms. The number of hydrogen-bond donors (Lipinski definition) is 3. The van der Waals surface area contributed by atoms with Gasteiger partial charge in [-0.25, -0.2) is 14.4 Å². The second kappa shape index (κ2) is 9.79. The number of rotatable bonds is 8. The van der Waals surface area contributed by atoms with Crippen molar-refractivity contribution in [2.24, 2.45) is 5.73 Å². The molecule has 0 saturated heterocycles. The number of anilines is 2. The number of nitrogens with two attached hydrogens (primary N) is 1. The van der Waals surface area contributed by atoms with Crippen LogP contribution in [0.15, 0.2) is 36.7 Å². The van der Waals surface area contributed by atoms with E-state index < -0.39 is 0 Å². The Kier molecular flexibility index (Phi) is 7.44. The Hall–Kier alpha value is -3.26. The molecule has 0 saturated carbocycles. The number of carbonyl (C=O) groups excluding carboxylic acids is 1. The van der Waals surface area contributed by atoms with E-state index in [-0.39, 0.29) is 25.6 Å². The van der Waals surface area contributed by atoms with E-state index in [0.717, 1.165) is 10.9 Å². The summed E-state index contributed by atoms with van der Waals surface area (Å²) in [5, 5.41) is 6.94. The summed E-state index contributed by atoms with van der Waals surface area (Å²) < 4.78 is 19.8. The Balaban J connectivity index is 0.00000300. The van der Waals surface area contributed by atoms with Crippen molar-refractivity contribution < 1.29 is 13.9 Å². The number of aromatic nitrogens is 2. The Labute approximate surface area is 169 Å². The van der Waals surface area contributed by atoms with Gasteiger partial charge in [-0.05, 0) is 24.6 Å². The van der Waals surface area contributed by atoms with Crippen LogP contribution in [-0.2, 0) is 11.3 Å². The molecule has 0 fully saturated rings. The van der Waals surface area contributed by atoms with Crippen molar-refractivity contribution in [1.29, 1.82) is 0 Å². The molecule has 0 aliphatic rings. The van der Waals surface area contributed by atoms with Gasteiger partial charge in [-0.15, -0.1) is 0 Å². The molecule has 0 bridgehead atoms. The minimum atomic E-state index is -0.363. The Morgan fingerprint density at radius 2 is 2.07 bits per heavy atom. The van der Waals surface area contributed by atoms with Crippen molar-refractivity contribution in [3.63, 3.8) is 0 Å². The van der Waals surface area contributed by atoms with Crippen molar-refractivity contribution in [3.8, 4) is 5.75 Å². The van der Waals surface area contributed by atoms with Gasteiger partial charge in [-0.1, -0.05) is 19.6 Å². The molecule has 3 aromatic rings. The lowest BCUT2D eigenvalue weighted by Gasteiger charge is -2.14. The average molecular weight is 399 g/mol. The van der Waals surface area contributed by atoms with Crippen molar-refractivity contribution in [2.75, 3.05) is 19.0 Å². The number of carbonyl (C=O) groups is 1. The van der Waals surface area contributed by atoms with Gasteiger partial charge in [0.1, 0.15) is 23.7 Å². The first-order chi connectivity index (χ1) is 13.5. The van der Waals surface area contributed by atoms with E-state index >= 15 is 0 Å². The van der Waals surface area contributed by atoms with Crippen LogP contribution in [0.2, 0.25) is 0 Å². The second-order valence-corrected chi connectivity index (χ2v) is 6.36. The van der Waals surface area contributed by atoms with Gasteiger partial charge >= 0.3 is 0 Å². The molecule has 0 radical (unpaired) electrons. The number of benzene rings is 2. The highest BCUT2D eigenvalue weighted by molar-refractivity contribution is 5.92. The first kappa shape index (κ1) is 22.0. The topological polar surface area (TPSA) is 102 Å². The standard InChI is InChI=1S/C20H22FN5O2.CH4/c1-12-4-3-5-15(19(12)21)26-20-14-8-13(10-23-7-6-18(22)27)17(28-2)9-16(14)24-11-25-20;/h3-5,8-9,11,23H,6-7,10H2,1-2H3,(H2,22,27)(H,24,25,26);1H4. The zero-order valence-electron chi connectivity index (χ0n) is 15.8. The molecule has 0 spiro atoms. The summed E-state index contributed by atoms with van der Waals surface area (Å²) in [5.41, 5.74) is 7.58. The lowest BCUT2D eigenvalue weighted by Crippen LogP contribution is -2.21. The molecule has 0 atom stereocenters. The molecule has 2 aromatic carbocycles. The van der Waals surface area contributed by atoms with Crippen LogP contribution in [0.3, 0.4) is 0 Å². The fourth-order valence-corrected chi connectivity index (χ4v) is 2.86. The molecule has 7 nitrogen and oxygen atoms in total. The minimum absolute atomic E-state index is 0. The quantitative estimate of drug-likeness (QED) is 0.502. The fourth-order valence-electron chi connectivity index (χ4n) is 2.86. The molecule has 1 amide bonds. The minimum Gasteiger partial charge on any atom is -0.496 e. The zero-order chi connectivity index (χ0) is 20.1. The van der Waals surface area contributed by atoms with Crippen LogP contribution in [0.5, 0.6) is 5.75 Å². The average Bonchev–Trinajstić information content (AvgIpc) is 2.68. The van der Waals surface area contributed by atoms with Gasteiger partial charge in [0.25, 0.3) is 0 Å². The van der Waals surface area contributed by atoms with E-state index in [4.69, 9.17) is 10.5 Å². The largest absolute Gasteiger partial charge is 0.496 e. The third-order valence-corrected chi connectivity index (χ3v) is 4.35. The maximum atomic E-state index is 14.4. The van der Waals surface area contributed by atoms with E-state index in [2.05, 4.69) is 20.6 Å². The first-order valence-corrected chi connectivity index (χ1v) is 8.82. The van der Waals surface area contributed by atoms with Crippen LogP contribution in [0, 0.1) is 12.7 Å². The number of hydrogen-bond acceptors (Lipinski definition) is 6. The van der Waals surface area contributed by atoms with Crippen LogP contribution in [0.4, 0.5) is 15.9 Å². The molecular weight excluding hydrogens is 373 g/mol. The molecule has 1 heterocycles. The molecule has 3 rings (SSSR count). The fraction of sp³-hybridized carbons (Fsp3) is 0.286. The highest BCUT2D eigenvalue weighted by Gasteiger charge is 2.12. The normalized spacial score (nSPS) is 10.4. The maximum absolute atomic E-state index is 14.4. The van der Waals surface area contributed by atoms with Crippen LogP contribution in [0.1, 0.15) is 25.0 Å². The number of methoxy groups -OCH3 is 1. The predicted molar refractivity (Wildman–Crippen MR) is 113 cm³/mol.